The molecule has 1 aromatic rings. The third kappa shape index (κ3) is 2.12. The van der Waals surface area contributed by atoms with Gasteiger partial charge in [-0.15, -0.1) is 0 Å². The molecule has 1 aliphatic rings. The second-order valence-corrected chi connectivity index (χ2v) is 3.58. The van der Waals surface area contributed by atoms with Crippen LogP contribution in [0, 0.1) is 0 Å². The van der Waals surface area contributed by atoms with Gasteiger partial charge in [-0.2, -0.15) is 0 Å². The van der Waals surface area contributed by atoms with E-state index in [4.69, 9.17) is 9.15 Å². The Morgan fingerprint density at radius 2 is 2.53 bits per heavy atom. The first-order valence-electron chi connectivity index (χ1n) is 5.20. The Morgan fingerprint density at radius 3 is 3.33 bits per heavy atom. The number of carbonyl (C=O) groups is 1. The molecule has 1 aromatic heterocycles. The molecule has 0 amide bonds. The minimum atomic E-state index is -0.134. The highest BCUT2D eigenvalue weighted by atomic mass is 16.5. The van der Waals surface area contributed by atoms with Crippen LogP contribution in [0.15, 0.2) is 22.8 Å². The lowest BCUT2D eigenvalue weighted by Gasteiger charge is -2.16. The lowest BCUT2D eigenvalue weighted by molar-refractivity contribution is -0.143. The standard InChI is InChI=1S/C12H14O3/c1-2-14-12(13)8-9-4-3-5-11-10(9)6-7-15-11/h3,5-7,9H,2,4,8H2,1H3. The average Bonchev–Trinajstić information content (AvgIpc) is 2.67. The minimum absolute atomic E-state index is 0.134. The topological polar surface area (TPSA) is 39.4 Å². The van der Waals surface area contributed by atoms with Crippen LogP contribution in [0.3, 0.4) is 0 Å². The predicted octanol–water partition coefficient (Wildman–Crippen LogP) is 2.73. The molecule has 15 heavy (non-hydrogen) atoms. The molecule has 0 spiro atoms. The summed E-state index contributed by atoms with van der Waals surface area (Å²) in [5, 5.41) is 0. The molecule has 80 valence electrons. The maximum absolute atomic E-state index is 11.4. The van der Waals surface area contributed by atoms with Crippen LogP contribution in [-0.2, 0) is 9.53 Å². The number of esters is 1. The van der Waals surface area contributed by atoms with Crippen LogP contribution in [0.25, 0.3) is 6.08 Å². The van der Waals surface area contributed by atoms with Crippen molar-refractivity contribution in [2.24, 2.45) is 0 Å². The van der Waals surface area contributed by atoms with Gasteiger partial charge in [0.05, 0.1) is 19.3 Å². The summed E-state index contributed by atoms with van der Waals surface area (Å²) in [6.07, 6.45) is 6.97. The van der Waals surface area contributed by atoms with Gasteiger partial charge in [0.2, 0.25) is 0 Å². The highest BCUT2D eigenvalue weighted by molar-refractivity contribution is 5.71. The summed E-state index contributed by atoms with van der Waals surface area (Å²) < 4.78 is 10.2. The summed E-state index contributed by atoms with van der Waals surface area (Å²) in [6, 6.07) is 1.93. The van der Waals surface area contributed by atoms with E-state index in [0.29, 0.717) is 13.0 Å². The highest BCUT2D eigenvalue weighted by Gasteiger charge is 2.22. The van der Waals surface area contributed by atoms with Crippen molar-refractivity contribution >= 4 is 12.0 Å². The predicted molar refractivity (Wildman–Crippen MR) is 56.4 cm³/mol. The summed E-state index contributed by atoms with van der Waals surface area (Å²) in [6.45, 7) is 2.27. The lowest BCUT2D eigenvalue weighted by Crippen LogP contribution is -2.11. The van der Waals surface area contributed by atoms with E-state index in [1.807, 2.05) is 25.1 Å². The van der Waals surface area contributed by atoms with E-state index in [0.717, 1.165) is 17.7 Å². The smallest absolute Gasteiger partial charge is 0.306 e. The fourth-order valence-electron chi connectivity index (χ4n) is 1.88. The van der Waals surface area contributed by atoms with Crippen LogP contribution in [0.4, 0.5) is 0 Å². The van der Waals surface area contributed by atoms with Gasteiger partial charge < -0.3 is 9.15 Å². The molecule has 1 unspecified atom stereocenters. The first-order chi connectivity index (χ1) is 7.31. The molecule has 0 bridgehead atoms. The van der Waals surface area contributed by atoms with Crippen molar-refractivity contribution in [1.29, 1.82) is 0 Å². The summed E-state index contributed by atoms with van der Waals surface area (Å²) in [5.41, 5.74) is 1.12. The van der Waals surface area contributed by atoms with Crippen molar-refractivity contribution in [3.05, 3.63) is 29.7 Å². The molecule has 0 aromatic carbocycles. The third-order valence-corrected chi connectivity index (χ3v) is 2.58. The van der Waals surface area contributed by atoms with Gasteiger partial charge in [0.25, 0.3) is 0 Å². The van der Waals surface area contributed by atoms with E-state index in [1.54, 1.807) is 6.26 Å². The zero-order valence-electron chi connectivity index (χ0n) is 8.73. The molecule has 1 heterocycles. The summed E-state index contributed by atoms with van der Waals surface area (Å²) >= 11 is 0. The van der Waals surface area contributed by atoms with E-state index in [-0.39, 0.29) is 11.9 Å². The van der Waals surface area contributed by atoms with Gasteiger partial charge in [0.1, 0.15) is 5.76 Å². The van der Waals surface area contributed by atoms with Crippen LogP contribution in [0.1, 0.15) is 37.0 Å². The van der Waals surface area contributed by atoms with E-state index in [9.17, 15) is 4.79 Å². The summed E-state index contributed by atoms with van der Waals surface area (Å²) in [7, 11) is 0. The Morgan fingerprint density at radius 1 is 1.67 bits per heavy atom. The zero-order chi connectivity index (χ0) is 10.7. The monoisotopic (exact) mass is 206 g/mol. The van der Waals surface area contributed by atoms with E-state index in [1.165, 1.54) is 0 Å². The highest BCUT2D eigenvalue weighted by Crippen LogP contribution is 2.33. The van der Waals surface area contributed by atoms with Crippen LogP contribution in [0.5, 0.6) is 0 Å². The first-order valence-corrected chi connectivity index (χ1v) is 5.20. The molecule has 0 radical (unpaired) electrons. The summed E-state index contributed by atoms with van der Waals surface area (Å²) in [4.78, 5) is 11.4. The molecular formula is C12H14O3. The van der Waals surface area contributed by atoms with Gasteiger partial charge in [-0.3, -0.25) is 4.79 Å². The van der Waals surface area contributed by atoms with Gasteiger partial charge in [-0.25, -0.2) is 0 Å². The van der Waals surface area contributed by atoms with Gasteiger partial charge in [-0.1, -0.05) is 6.08 Å². The fourth-order valence-corrected chi connectivity index (χ4v) is 1.88. The second kappa shape index (κ2) is 4.34. The molecular weight excluding hydrogens is 192 g/mol. The average molecular weight is 206 g/mol. The number of carbonyl (C=O) groups excluding carboxylic acids is 1. The van der Waals surface area contributed by atoms with Gasteiger partial charge in [-0.05, 0) is 25.5 Å². The Kier molecular flexibility index (Phi) is 2.90. The van der Waals surface area contributed by atoms with Gasteiger partial charge in [0.15, 0.2) is 0 Å². The summed E-state index contributed by atoms with van der Waals surface area (Å²) in [5.74, 6) is 0.947. The number of ether oxygens (including phenoxy) is 1. The number of furan rings is 1. The van der Waals surface area contributed by atoms with Crippen molar-refractivity contribution in [1.82, 2.24) is 0 Å². The normalized spacial score (nSPS) is 18.6. The van der Waals surface area contributed by atoms with Crippen molar-refractivity contribution in [2.75, 3.05) is 6.61 Å². The van der Waals surface area contributed by atoms with Crippen molar-refractivity contribution in [2.45, 2.75) is 25.7 Å². The lowest BCUT2D eigenvalue weighted by atomic mass is 9.89. The van der Waals surface area contributed by atoms with E-state index in [2.05, 4.69) is 0 Å². The molecule has 2 rings (SSSR count). The van der Waals surface area contributed by atoms with Crippen molar-refractivity contribution < 1.29 is 13.9 Å². The molecule has 1 atom stereocenters. The SMILES string of the molecule is CCOC(=O)CC1CC=Cc2occc21. The number of hydrogen-bond acceptors (Lipinski definition) is 3. The number of hydrogen-bond donors (Lipinski definition) is 0. The maximum Gasteiger partial charge on any atom is 0.306 e. The molecule has 0 saturated heterocycles. The quantitative estimate of drug-likeness (QED) is 0.714. The molecule has 0 aliphatic heterocycles. The molecule has 1 aliphatic carbocycles. The van der Waals surface area contributed by atoms with Crippen LogP contribution in [0.2, 0.25) is 0 Å². The Labute approximate surface area is 88.7 Å². The Balaban J connectivity index is 2.06. The number of fused-ring (bicyclic) bond motifs is 1. The number of rotatable bonds is 3. The van der Waals surface area contributed by atoms with Crippen LogP contribution < -0.4 is 0 Å². The van der Waals surface area contributed by atoms with Gasteiger partial charge in [0, 0.05) is 11.5 Å². The molecule has 0 saturated carbocycles. The van der Waals surface area contributed by atoms with Crippen molar-refractivity contribution in [3.8, 4) is 0 Å². The Hall–Kier alpha value is -1.51. The molecule has 0 fully saturated rings. The fraction of sp³-hybridized carbons (Fsp3) is 0.417. The van der Waals surface area contributed by atoms with Crippen LogP contribution >= 0.6 is 0 Å². The maximum atomic E-state index is 11.4. The van der Waals surface area contributed by atoms with Crippen molar-refractivity contribution in [3.63, 3.8) is 0 Å². The molecule has 3 heteroatoms. The molecule has 3 nitrogen and oxygen atoms in total. The Bertz CT molecular complexity index is 376. The van der Waals surface area contributed by atoms with E-state index >= 15 is 0 Å². The van der Waals surface area contributed by atoms with Gasteiger partial charge >= 0.3 is 5.97 Å². The minimum Gasteiger partial charge on any atom is -0.466 e. The second-order valence-electron chi connectivity index (χ2n) is 3.58. The zero-order valence-corrected chi connectivity index (χ0v) is 8.73. The molecule has 0 N–H and O–H groups in total. The third-order valence-electron chi connectivity index (χ3n) is 2.58. The largest absolute Gasteiger partial charge is 0.466 e. The number of allylic oxidation sites excluding steroid dienone is 1. The first kappa shape index (κ1) is 10.0. The van der Waals surface area contributed by atoms with Crippen LogP contribution in [-0.4, -0.2) is 12.6 Å². The van der Waals surface area contributed by atoms with E-state index < -0.39 is 0 Å².